The van der Waals surface area contributed by atoms with E-state index in [0.29, 0.717) is 11.5 Å². The predicted octanol–water partition coefficient (Wildman–Crippen LogP) is 5.00. The molecule has 27 heavy (non-hydrogen) atoms. The second kappa shape index (κ2) is 7.43. The number of amides is 1. The second-order valence-electron chi connectivity index (χ2n) is 5.57. The van der Waals surface area contributed by atoms with Gasteiger partial charge in [0.15, 0.2) is 0 Å². The van der Waals surface area contributed by atoms with Gasteiger partial charge in [-0.3, -0.25) is 9.48 Å². The molecular formula is C18H13BrF3N3O2. The number of nitrogens with zero attached hydrogens (tertiary/aromatic N) is 2. The Labute approximate surface area is 160 Å². The number of hydrogen-bond donors (Lipinski definition) is 1. The lowest BCUT2D eigenvalue weighted by Gasteiger charge is -2.09. The summed E-state index contributed by atoms with van der Waals surface area (Å²) in [7, 11) is 1.68. The summed E-state index contributed by atoms with van der Waals surface area (Å²) < 4.78 is 42.8. The second-order valence-corrected chi connectivity index (χ2v) is 6.49. The summed E-state index contributed by atoms with van der Waals surface area (Å²) in [6, 6.07) is 13.9. The monoisotopic (exact) mass is 439 g/mol. The van der Waals surface area contributed by atoms with Crippen molar-refractivity contribution in [2.45, 2.75) is 6.36 Å². The van der Waals surface area contributed by atoms with Gasteiger partial charge in [0, 0.05) is 28.7 Å². The molecule has 5 nitrogen and oxygen atoms in total. The van der Waals surface area contributed by atoms with Gasteiger partial charge in [-0.1, -0.05) is 28.1 Å². The molecule has 0 aliphatic carbocycles. The quantitative estimate of drug-likeness (QED) is 0.622. The minimum atomic E-state index is -4.78. The number of rotatable bonds is 4. The lowest BCUT2D eigenvalue weighted by atomic mass is 10.1. The molecule has 1 N–H and O–H groups in total. The first kappa shape index (κ1) is 19.0. The average molecular weight is 440 g/mol. The van der Waals surface area contributed by atoms with E-state index < -0.39 is 18.0 Å². The zero-order chi connectivity index (χ0) is 19.6. The number of benzene rings is 2. The molecule has 1 aromatic heterocycles. The molecule has 3 aromatic rings. The highest BCUT2D eigenvalue weighted by atomic mass is 79.9. The van der Waals surface area contributed by atoms with Gasteiger partial charge >= 0.3 is 6.36 Å². The van der Waals surface area contributed by atoms with Crippen LogP contribution in [-0.2, 0) is 7.05 Å². The van der Waals surface area contributed by atoms with E-state index in [2.05, 4.69) is 31.1 Å². The van der Waals surface area contributed by atoms with Crippen LogP contribution in [0.1, 0.15) is 10.4 Å². The fourth-order valence-corrected chi connectivity index (χ4v) is 2.61. The van der Waals surface area contributed by atoms with Crippen molar-refractivity contribution in [1.29, 1.82) is 0 Å². The molecule has 0 aliphatic rings. The highest BCUT2D eigenvalue weighted by Crippen LogP contribution is 2.25. The van der Waals surface area contributed by atoms with Crippen LogP contribution in [0.5, 0.6) is 5.75 Å². The Morgan fingerprint density at radius 1 is 1.11 bits per heavy atom. The van der Waals surface area contributed by atoms with Gasteiger partial charge < -0.3 is 10.1 Å². The third-order valence-corrected chi connectivity index (χ3v) is 4.14. The summed E-state index contributed by atoms with van der Waals surface area (Å²) in [6.45, 7) is 0. The van der Waals surface area contributed by atoms with E-state index in [4.69, 9.17) is 0 Å². The maximum Gasteiger partial charge on any atom is 0.573 e. The lowest BCUT2D eigenvalue weighted by molar-refractivity contribution is -0.274. The first-order valence-electron chi connectivity index (χ1n) is 7.68. The molecule has 0 unspecified atom stereocenters. The van der Waals surface area contributed by atoms with Gasteiger partial charge in [0.25, 0.3) is 5.91 Å². The van der Waals surface area contributed by atoms with Gasteiger partial charge in [-0.25, -0.2) is 0 Å². The number of aromatic nitrogens is 2. The maximum absolute atomic E-state index is 12.3. The largest absolute Gasteiger partial charge is 0.573 e. The first-order chi connectivity index (χ1) is 12.7. The fourth-order valence-electron chi connectivity index (χ4n) is 2.34. The van der Waals surface area contributed by atoms with Crippen LogP contribution in [0.15, 0.2) is 59.1 Å². The van der Waals surface area contributed by atoms with Crippen LogP contribution in [0.2, 0.25) is 0 Å². The third-order valence-electron chi connectivity index (χ3n) is 3.61. The summed E-state index contributed by atoms with van der Waals surface area (Å²) in [5.41, 5.74) is 1.74. The summed E-state index contributed by atoms with van der Waals surface area (Å²) in [6.07, 6.45) is -4.78. The lowest BCUT2D eigenvalue weighted by Crippen LogP contribution is -2.17. The van der Waals surface area contributed by atoms with Crippen molar-refractivity contribution in [2.75, 3.05) is 5.32 Å². The Hall–Kier alpha value is -2.81. The van der Waals surface area contributed by atoms with Crippen LogP contribution >= 0.6 is 15.9 Å². The molecule has 0 saturated heterocycles. The Bertz CT molecular complexity index is 951. The molecule has 0 saturated carbocycles. The molecule has 3 rings (SSSR count). The average Bonchev–Trinajstić information content (AvgIpc) is 2.95. The topological polar surface area (TPSA) is 56.2 Å². The van der Waals surface area contributed by atoms with Crippen LogP contribution in [0.25, 0.3) is 11.3 Å². The minimum Gasteiger partial charge on any atom is -0.406 e. The van der Waals surface area contributed by atoms with E-state index >= 15 is 0 Å². The van der Waals surface area contributed by atoms with E-state index in [1.54, 1.807) is 13.1 Å². The van der Waals surface area contributed by atoms with E-state index in [1.165, 1.54) is 16.8 Å². The van der Waals surface area contributed by atoms with E-state index in [0.717, 1.165) is 22.2 Å². The molecular weight excluding hydrogens is 427 g/mol. The van der Waals surface area contributed by atoms with Crippen molar-refractivity contribution in [2.24, 2.45) is 7.05 Å². The number of nitrogens with one attached hydrogen (secondary N) is 1. The molecule has 0 radical (unpaired) electrons. The highest BCUT2D eigenvalue weighted by Gasteiger charge is 2.31. The Morgan fingerprint density at radius 3 is 2.33 bits per heavy atom. The number of carbonyl (C=O) groups is 1. The van der Waals surface area contributed by atoms with E-state index in [-0.39, 0.29) is 5.56 Å². The smallest absolute Gasteiger partial charge is 0.406 e. The standard InChI is InChI=1S/C18H13BrF3N3O2/c1-25-16(10-15(24-25)11-2-6-13(19)7-3-11)23-17(26)12-4-8-14(9-5-12)27-18(20,21)22/h2-10H,1H3,(H,23,26). The van der Waals surface area contributed by atoms with Gasteiger partial charge in [-0.2, -0.15) is 5.10 Å². The summed E-state index contributed by atoms with van der Waals surface area (Å²) in [4.78, 5) is 12.3. The van der Waals surface area contributed by atoms with Gasteiger partial charge in [0.2, 0.25) is 0 Å². The molecule has 0 aliphatic heterocycles. The van der Waals surface area contributed by atoms with Crippen LogP contribution in [0, 0.1) is 0 Å². The number of anilines is 1. The van der Waals surface area contributed by atoms with Crippen LogP contribution in [-0.4, -0.2) is 22.1 Å². The van der Waals surface area contributed by atoms with Crippen molar-refractivity contribution >= 4 is 27.7 Å². The number of aryl methyl sites for hydroxylation is 1. The van der Waals surface area contributed by atoms with Gasteiger partial charge in [-0.15, -0.1) is 13.2 Å². The van der Waals surface area contributed by atoms with Crippen molar-refractivity contribution in [3.8, 4) is 17.0 Å². The Balaban J connectivity index is 1.73. The Morgan fingerprint density at radius 2 is 1.74 bits per heavy atom. The molecule has 0 atom stereocenters. The number of alkyl halides is 3. The normalized spacial score (nSPS) is 11.3. The number of carbonyl (C=O) groups excluding carboxylic acids is 1. The van der Waals surface area contributed by atoms with Gasteiger partial charge in [-0.05, 0) is 36.4 Å². The Kier molecular flexibility index (Phi) is 5.22. The SMILES string of the molecule is Cn1nc(-c2ccc(Br)cc2)cc1NC(=O)c1ccc(OC(F)(F)F)cc1. The predicted molar refractivity (Wildman–Crippen MR) is 97.4 cm³/mol. The summed E-state index contributed by atoms with van der Waals surface area (Å²) in [5.74, 6) is -0.412. The number of halogens is 4. The zero-order valence-electron chi connectivity index (χ0n) is 13.9. The molecule has 9 heteroatoms. The fraction of sp³-hybridized carbons (Fsp3) is 0.111. The molecule has 2 aromatic carbocycles. The van der Waals surface area contributed by atoms with Crippen molar-refractivity contribution < 1.29 is 22.7 Å². The summed E-state index contributed by atoms with van der Waals surface area (Å²) in [5, 5.41) is 7.04. The van der Waals surface area contributed by atoms with Gasteiger partial charge in [0.1, 0.15) is 11.6 Å². The first-order valence-corrected chi connectivity index (χ1v) is 8.48. The molecule has 1 amide bonds. The minimum absolute atomic E-state index is 0.191. The molecule has 140 valence electrons. The summed E-state index contributed by atoms with van der Waals surface area (Å²) >= 11 is 3.36. The van der Waals surface area contributed by atoms with Crippen LogP contribution in [0.4, 0.5) is 19.0 Å². The van der Waals surface area contributed by atoms with Crippen molar-refractivity contribution in [3.63, 3.8) is 0 Å². The van der Waals surface area contributed by atoms with E-state index in [1.807, 2.05) is 24.3 Å². The zero-order valence-corrected chi connectivity index (χ0v) is 15.5. The van der Waals surface area contributed by atoms with Crippen molar-refractivity contribution in [1.82, 2.24) is 9.78 Å². The number of ether oxygens (including phenoxy) is 1. The third kappa shape index (κ3) is 4.88. The van der Waals surface area contributed by atoms with Crippen LogP contribution < -0.4 is 10.1 Å². The molecule has 0 bridgehead atoms. The van der Waals surface area contributed by atoms with Crippen LogP contribution in [0.3, 0.4) is 0 Å². The highest BCUT2D eigenvalue weighted by molar-refractivity contribution is 9.10. The molecule has 1 heterocycles. The van der Waals surface area contributed by atoms with E-state index in [9.17, 15) is 18.0 Å². The van der Waals surface area contributed by atoms with Gasteiger partial charge in [0.05, 0.1) is 5.69 Å². The molecule has 0 spiro atoms. The maximum atomic E-state index is 12.3. The molecule has 0 fully saturated rings. The number of hydrogen-bond acceptors (Lipinski definition) is 3. The van der Waals surface area contributed by atoms with Crippen molar-refractivity contribution in [3.05, 3.63) is 64.6 Å².